The molecule has 0 fully saturated rings. The summed E-state index contributed by atoms with van der Waals surface area (Å²) < 4.78 is 14.7. The van der Waals surface area contributed by atoms with Gasteiger partial charge in [0, 0.05) is 17.9 Å². The Kier molecular flexibility index (Phi) is 8.06. The van der Waals surface area contributed by atoms with E-state index in [2.05, 4.69) is 15.2 Å². The molecule has 0 aliphatic carbocycles. The van der Waals surface area contributed by atoms with Crippen LogP contribution in [-0.2, 0) is 31.4 Å². The minimum Gasteiger partial charge on any atom is -0.465 e. The van der Waals surface area contributed by atoms with Gasteiger partial charge < -0.3 is 19.3 Å². The first-order valence-corrected chi connectivity index (χ1v) is 9.65. The number of hydrogen-bond donors (Lipinski definition) is 1. The van der Waals surface area contributed by atoms with Crippen LogP contribution in [0.15, 0.2) is 28.8 Å². The standard InChI is InChI=1S/C19H22N2O6S/c1-12-16(13(2)27-21-12)10-28-11-18(23)26-9-17(22)20-8-14-4-6-15(7-5-14)19(24)25-3/h4-7H,8-11H2,1-3H3,(H,20,22). The lowest BCUT2D eigenvalue weighted by Crippen LogP contribution is -2.28. The second-order valence-corrected chi connectivity index (χ2v) is 6.91. The maximum atomic E-state index is 11.8. The van der Waals surface area contributed by atoms with Crippen LogP contribution in [0.3, 0.4) is 0 Å². The molecule has 1 heterocycles. The number of methoxy groups -OCH3 is 1. The molecule has 2 aromatic rings. The number of hydrogen-bond acceptors (Lipinski definition) is 8. The predicted molar refractivity (Wildman–Crippen MR) is 103 cm³/mol. The molecule has 1 aromatic carbocycles. The van der Waals surface area contributed by atoms with Crippen LogP contribution in [-0.4, -0.2) is 42.5 Å². The van der Waals surface area contributed by atoms with Crippen molar-refractivity contribution in [2.24, 2.45) is 0 Å². The van der Waals surface area contributed by atoms with Gasteiger partial charge in [0.1, 0.15) is 5.76 Å². The van der Waals surface area contributed by atoms with Gasteiger partial charge in [-0.15, -0.1) is 11.8 Å². The van der Waals surface area contributed by atoms with Crippen LogP contribution >= 0.6 is 11.8 Å². The number of ether oxygens (including phenoxy) is 2. The highest BCUT2D eigenvalue weighted by molar-refractivity contribution is 7.99. The molecule has 2 rings (SSSR count). The summed E-state index contributed by atoms with van der Waals surface area (Å²) in [5.74, 6) is 0.165. The number of nitrogens with one attached hydrogen (secondary N) is 1. The predicted octanol–water partition coefficient (Wildman–Crippen LogP) is 2.17. The van der Waals surface area contributed by atoms with Crippen molar-refractivity contribution in [1.29, 1.82) is 0 Å². The number of amides is 1. The van der Waals surface area contributed by atoms with Crippen molar-refractivity contribution in [3.8, 4) is 0 Å². The average Bonchev–Trinajstić information content (AvgIpc) is 3.02. The number of benzene rings is 1. The highest BCUT2D eigenvalue weighted by Gasteiger charge is 2.12. The Morgan fingerprint density at radius 1 is 1.18 bits per heavy atom. The molecule has 8 nitrogen and oxygen atoms in total. The van der Waals surface area contributed by atoms with E-state index in [0.717, 1.165) is 22.6 Å². The van der Waals surface area contributed by atoms with E-state index < -0.39 is 17.8 Å². The molecular weight excluding hydrogens is 384 g/mol. The zero-order chi connectivity index (χ0) is 20.5. The first-order valence-electron chi connectivity index (χ1n) is 8.49. The van der Waals surface area contributed by atoms with Crippen LogP contribution in [0.4, 0.5) is 0 Å². The molecule has 0 spiro atoms. The van der Waals surface area contributed by atoms with E-state index in [4.69, 9.17) is 9.26 Å². The number of aryl methyl sites for hydroxylation is 2. The third-order valence-corrected chi connectivity index (χ3v) is 4.81. The molecule has 0 saturated carbocycles. The van der Waals surface area contributed by atoms with E-state index in [0.29, 0.717) is 11.3 Å². The van der Waals surface area contributed by atoms with E-state index >= 15 is 0 Å². The Labute approximate surface area is 166 Å². The van der Waals surface area contributed by atoms with Gasteiger partial charge in [0.2, 0.25) is 0 Å². The van der Waals surface area contributed by atoms with E-state index in [-0.39, 0.29) is 18.9 Å². The van der Waals surface area contributed by atoms with Crippen LogP contribution in [0.5, 0.6) is 0 Å². The summed E-state index contributed by atoms with van der Waals surface area (Å²) in [5.41, 5.74) is 3.01. The van der Waals surface area contributed by atoms with E-state index in [1.807, 2.05) is 13.8 Å². The number of thioether (sulfide) groups is 1. The van der Waals surface area contributed by atoms with Gasteiger partial charge in [0.15, 0.2) is 6.61 Å². The average molecular weight is 406 g/mol. The molecule has 0 saturated heterocycles. The second kappa shape index (κ2) is 10.5. The van der Waals surface area contributed by atoms with E-state index in [1.165, 1.54) is 18.9 Å². The summed E-state index contributed by atoms with van der Waals surface area (Å²) in [6.45, 7) is 3.59. The first kappa shape index (κ1) is 21.5. The first-order chi connectivity index (χ1) is 13.4. The fourth-order valence-corrected chi connectivity index (χ4v) is 3.23. The Hall–Kier alpha value is -2.81. The van der Waals surface area contributed by atoms with E-state index in [9.17, 15) is 14.4 Å². The van der Waals surface area contributed by atoms with Gasteiger partial charge >= 0.3 is 11.9 Å². The molecule has 150 valence electrons. The van der Waals surface area contributed by atoms with Gasteiger partial charge in [-0.05, 0) is 31.5 Å². The molecule has 0 aliphatic rings. The zero-order valence-electron chi connectivity index (χ0n) is 15.9. The van der Waals surface area contributed by atoms with Crippen molar-refractivity contribution < 1.29 is 28.4 Å². The highest BCUT2D eigenvalue weighted by Crippen LogP contribution is 2.19. The number of rotatable bonds is 9. The van der Waals surface area contributed by atoms with Crippen LogP contribution < -0.4 is 5.32 Å². The molecular formula is C19H22N2O6S. The zero-order valence-corrected chi connectivity index (χ0v) is 16.8. The number of carbonyl (C=O) groups is 3. The summed E-state index contributed by atoms with van der Waals surface area (Å²) in [6.07, 6.45) is 0. The van der Waals surface area contributed by atoms with Crippen molar-refractivity contribution in [3.05, 3.63) is 52.4 Å². The van der Waals surface area contributed by atoms with Crippen molar-refractivity contribution in [2.45, 2.75) is 26.1 Å². The van der Waals surface area contributed by atoms with Crippen LogP contribution in [0.1, 0.15) is 32.9 Å². The second-order valence-electron chi connectivity index (χ2n) is 5.92. The normalized spacial score (nSPS) is 10.4. The smallest absolute Gasteiger partial charge is 0.337 e. The monoisotopic (exact) mass is 406 g/mol. The fraction of sp³-hybridized carbons (Fsp3) is 0.368. The largest absolute Gasteiger partial charge is 0.465 e. The molecule has 9 heteroatoms. The summed E-state index contributed by atoms with van der Waals surface area (Å²) in [7, 11) is 1.31. The molecule has 1 aromatic heterocycles. The number of aromatic nitrogens is 1. The van der Waals surface area contributed by atoms with Gasteiger partial charge in [-0.1, -0.05) is 17.3 Å². The SMILES string of the molecule is COC(=O)c1ccc(CNC(=O)COC(=O)CSCc2c(C)noc2C)cc1. The van der Waals surface area contributed by atoms with Gasteiger partial charge in [-0.2, -0.15) is 0 Å². The maximum absolute atomic E-state index is 11.8. The minimum atomic E-state index is -0.464. The van der Waals surface area contributed by atoms with Crippen molar-refractivity contribution in [3.63, 3.8) is 0 Å². The van der Waals surface area contributed by atoms with Crippen LogP contribution in [0.2, 0.25) is 0 Å². The van der Waals surface area contributed by atoms with Crippen LogP contribution in [0.25, 0.3) is 0 Å². The molecule has 0 unspecified atom stereocenters. The van der Waals surface area contributed by atoms with Gasteiger partial charge in [0.05, 0.1) is 24.1 Å². The summed E-state index contributed by atoms with van der Waals surface area (Å²) in [6, 6.07) is 6.65. The lowest BCUT2D eigenvalue weighted by molar-refractivity contribution is -0.145. The van der Waals surface area contributed by atoms with Gasteiger partial charge in [-0.25, -0.2) is 4.79 Å². The summed E-state index contributed by atoms with van der Waals surface area (Å²) in [5, 5.41) is 6.51. The molecule has 0 atom stereocenters. The molecule has 0 aliphatic heterocycles. The summed E-state index contributed by atoms with van der Waals surface area (Å²) in [4.78, 5) is 34.9. The van der Waals surface area contributed by atoms with Crippen molar-refractivity contribution >= 4 is 29.6 Å². The Bertz CT molecular complexity index is 812. The quantitative estimate of drug-likeness (QED) is 0.631. The molecule has 1 N–H and O–H groups in total. The fourth-order valence-electron chi connectivity index (χ4n) is 2.26. The number of esters is 2. The van der Waals surface area contributed by atoms with Gasteiger partial charge in [-0.3, -0.25) is 9.59 Å². The van der Waals surface area contributed by atoms with Crippen molar-refractivity contribution in [2.75, 3.05) is 19.5 Å². The van der Waals surface area contributed by atoms with E-state index in [1.54, 1.807) is 24.3 Å². The third kappa shape index (κ3) is 6.41. The number of nitrogens with zero attached hydrogens (tertiary/aromatic N) is 1. The Morgan fingerprint density at radius 2 is 1.89 bits per heavy atom. The maximum Gasteiger partial charge on any atom is 0.337 e. The Morgan fingerprint density at radius 3 is 2.50 bits per heavy atom. The number of carbonyl (C=O) groups excluding carboxylic acids is 3. The molecule has 1 amide bonds. The molecule has 28 heavy (non-hydrogen) atoms. The van der Waals surface area contributed by atoms with Gasteiger partial charge in [0.25, 0.3) is 5.91 Å². The third-order valence-electron chi connectivity index (χ3n) is 3.88. The lowest BCUT2D eigenvalue weighted by atomic mass is 10.1. The molecule has 0 bridgehead atoms. The minimum absolute atomic E-state index is 0.131. The Balaban J connectivity index is 1.65. The topological polar surface area (TPSA) is 108 Å². The highest BCUT2D eigenvalue weighted by atomic mass is 32.2. The lowest BCUT2D eigenvalue weighted by Gasteiger charge is -2.07. The van der Waals surface area contributed by atoms with Crippen LogP contribution in [0, 0.1) is 13.8 Å². The van der Waals surface area contributed by atoms with Crippen molar-refractivity contribution in [1.82, 2.24) is 10.5 Å². The summed E-state index contributed by atoms with van der Waals surface area (Å²) >= 11 is 1.37. The molecule has 0 radical (unpaired) electrons.